The molecule has 0 bridgehead atoms. The van der Waals surface area contributed by atoms with Crippen LogP contribution < -0.4 is 0 Å². The van der Waals surface area contributed by atoms with Crippen LogP contribution in [0.1, 0.15) is 6.42 Å². The van der Waals surface area contributed by atoms with Crippen molar-refractivity contribution in [3.8, 4) is 0 Å². The maximum absolute atomic E-state index is 9.36. The molecule has 0 aromatic heterocycles. The summed E-state index contributed by atoms with van der Waals surface area (Å²) in [5.41, 5.74) is 0. The van der Waals surface area contributed by atoms with E-state index in [1.807, 2.05) is 0 Å². The molecule has 1 nitrogen and oxygen atoms in total. The number of thiol groups is 1. The van der Waals surface area contributed by atoms with Gasteiger partial charge < -0.3 is 4.79 Å². The molecular formula is C3H7NaOS. The second-order valence-corrected chi connectivity index (χ2v) is 1.13. The molecule has 0 aromatic rings. The van der Waals surface area contributed by atoms with E-state index in [9.17, 15) is 4.79 Å². The quantitative estimate of drug-likeness (QED) is 0.300. The van der Waals surface area contributed by atoms with Gasteiger partial charge in [-0.3, -0.25) is 0 Å². The molecule has 0 aliphatic rings. The third-order valence-electron chi connectivity index (χ3n) is 0.247. The first-order valence-corrected chi connectivity index (χ1v) is 2.09. The molecule has 3 heteroatoms. The van der Waals surface area contributed by atoms with Gasteiger partial charge >= 0.3 is 29.6 Å². The summed E-state index contributed by atoms with van der Waals surface area (Å²) >= 11 is 3.77. The summed E-state index contributed by atoms with van der Waals surface area (Å²) < 4.78 is 0. The standard InChI is InChI=1S/C3H6OS.Na.H/c4-2-1-3-5;;/h2,5H,1,3H2;;. The Labute approximate surface area is 65.2 Å². The first-order valence-electron chi connectivity index (χ1n) is 1.46. The van der Waals surface area contributed by atoms with Crippen molar-refractivity contribution in [3.05, 3.63) is 0 Å². The van der Waals surface area contributed by atoms with Gasteiger partial charge in [-0.2, -0.15) is 12.6 Å². The van der Waals surface area contributed by atoms with E-state index >= 15 is 0 Å². The zero-order valence-corrected chi connectivity index (χ0v) is 3.74. The van der Waals surface area contributed by atoms with Crippen LogP contribution >= 0.6 is 12.6 Å². The van der Waals surface area contributed by atoms with Crippen LogP contribution in [-0.4, -0.2) is 41.6 Å². The van der Waals surface area contributed by atoms with Crippen molar-refractivity contribution in [2.75, 3.05) is 5.75 Å². The molecule has 0 aliphatic heterocycles. The topological polar surface area (TPSA) is 17.1 Å². The molecule has 0 unspecified atom stereocenters. The summed E-state index contributed by atoms with van der Waals surface area (Å²) in [6.45, 7) is 0. The molecule has 0 saturated heterocycles. The molecule has 32 valence electrons. The van der Waals surface area contributed by atoms with Crippen molar-refractivity contribution in [1.29, 1.82) is 0 Å². The van der Waals surface area contributed by atoms with Gasteiger partial charge in [-0.25, -0.2) is 0 Å². The Morgan fingerprint density at radius 1 is 1.67 bits per heavy atom. The summed E-state index contributed by atoms with van der Waals surface area (Å²) in [5, 5.41) is 0. The molecule has 0 heterocycles. The van der Waals surface area contributed by atoms with Crippen molar-refractivity contribution >= 4 is 48.5 Å². The molecule has 0 atom stereocenters. The molecule has 0 N–H and O–H groups in total. The first-order chi connectivity index (χ1) is 2.41. The van der Waals surface area contributed by atoms with Gasteiger partial charge in [0.05, 0.1) is 0 Å². The molecule has 0 radical (unpaired) electrons. The summed E-state index contributed by atoms with van der Waals surface area (Å²) in [7, 11) is 0. The van der Waals surface area contributed by atoms with Gasteiger partial charge in [0, 0.05) is 6.42 Å². The normalized spacial score (nSPS) is 6.17. The van der Waals surface area contributed by atoms with Crippen LogP contribution in [0, 0.1) is 0 Å². The Kier molecular flexibility index (Phi) is 15.8. The van der Waals surface area contributed by atoms with Crippen molar-refractivity contribution in [3.63, 3.8) is 0 Å². The van der Waals surface area contributed by atoms with Crippen molar-refractivity contribution in [1.82, 2.24) is 0 Å². The van der Waals surface area contributed by atoms with E-state index in [4.69, 9.17) is 0 Å². The SMILES string of the molecule is O=CCCS.[NaH]. The molecule has 0 fully saturated rings. The average molecular weight is 114 g/mol. The zero-order chi connectivity index (χ0) is 4.12. The number of rotatable bonds is 2. The summed E-state index contributed by atoms with van der Waals surface area (Å²) in [4.78, 5) is 9.36. The van der Waals surface area contributed by atoms with Crippen molar-refractivity contribution < 1.29 is 4.79 Å². The van der Waals surface area contributed by atoms with Crippen LogP contribution in [0.3, 0.4) is 0 Å². The Balaban J connectivity index is 0. The first kappa shape index (κ1) is 10.1. The number of hydrogen-bond donors (Lipinski definition) is 1. The third-order valence-corrected chi connectivity index (χ3v) is 0.505. The Bertz CT molecular complexity index is 32.0. The van der Waals surface area contributed by atoms with E-state index in [0.29, 0.717) is 12.2 Å². The average Bonchev–Trinajstić information content (AvgIpc) is 1.41. The van der Waals surface area contributed by atoms with Gasteiger partial charge in [0.2, 0.25) is 0 Å². The predicted molar refractivity (Wildman–Crippen MR) is 31.7 cm³/mol. The fraction of sp³-hybridized carbons (Fsp3) is 0.667. The van der Waals surface area contributed by atoms with Crippen molar-refractivity contribution in [2.45, 2.75) is 6.42 Å². The summed E-state index contributed by atoms with van der Waals surface area (Å²) in [6, 6.07) is 0. The number of carbonyl (C=O) groups excluding carboxylic acids is 1. The van der Waals surface area contributed by atoms with Crippen LogP contribution in [0.2, 0.25) is 0 Å². The predicted octanol–water partition coefficient (Wildman–Crippen LogP) is -0.143. The minimum absolute atomic E-state index is 0. The summed E-state index contributed by atoms with van der Waals surface area (Å²) in [5.74, 6) is 0.670. The van der Waals surface area contributed by atoms with Gasteiger partial charge in [0.1, 0.15) is 6.29 Å². The number of carbonyl (C=O) groups is 1. The molecule has 0 rings (SSSR count). The Morgan fingerprint density at radius 2 is 2.17 bits per heavy atom. The molecule has 0 amide bonds. The number of hydrogen-bond acceptors (Lipinski definition) is 2. The van der Waals surface area contributed by atoms with E-state index in [-0.39, 0.29) is 29.6 Å². The van der Waals surface area contributed by atoms with Crippen molar-refractivity contribution in [2.24, 2.45) is 0 Å². The van der Waals surface area contributed by atoms with E-state index < -0.39 is 0 Å². The molecule has 0 aliphatic carbocycles. The van der Waals surface area contributed by atoms with Gasteiger partial charge in [0.15, 0.2) is 0 Å². The van der Waals surface area contributed by atoms with Crippen LogP contribution in [0.25, 0.3) is 0 Å². The van der Waals surface area contributed by atoms with E-state index in [1.165, 1.54) is 0 Å². The Hall–Kier alpha value is 1.02. The molecule has 0 spiro atoms. The maximum atomic E-state index is 9.36. The fourth-order valence-electron chi connectivity index (χ4n) is 0.0527. The van der Waals surface area contributed by atoms with E-state index in [0.717, 1.165) is 6.29 Å². The Morgan fingerprint density at radius 3 is 2.17 bits per heavy atom. The summed E-state index contributed by atoms with van der Waals surface area (Å²) in [6.07, 6.45) is 1.43. The molecule has 0 saturated carbocycles. The van der Waals surface area contributed by atoms with Gasteiger partial charge in [-0.05, 0) is 5.75 Å². The van der Waals surface area contributed by atoms with E-state index in [1.54, 1.807) is 0 Å². The van der Waals surface area contributed by atoms with Gasteiger partial charge in [0.25, 0.3) is 0 Å². The molecular weight excluding hydrogens is 107 g/mol. The fourth-order valence-corrected chi connectivity index (χ4v) is 0.158. The van der Waals surface area contributed by atoms with Crippen LogP contribution in [0.5, 0.6) is 0 Å². The minimum atomic E-state index is 0. The second-order valence-electron chi connectivity index (χ2n) is 0.679. The van der Waals surface area contributed by atoms with E-state index in [2.05, 4.69) is 12.6 Å². The van der Waals surface area contributed by atoms with Gasteiger partial charge in [-0.1, -0.05) is 0 Å². The van der Waals surface area contributed by atoms with Crippen LogP contribution in [0.15, 0.2) is 0 Å². The van der Waals surface area contributed by atoms with Crippen LogP contribution in [0.4, 0.5) is 0 Å². The molecule has 0 aromatic carbocycles. The van der Waals surface area contributed by atoms with Crippen LogP contribution in [-0.2, 0) is 4.79 Å². The zero-order valence-electron chi connectivity index (χ0n) is 2.85. The third kappa shape index (κ3) is 8.89. The van der Waals surface area contributed by atoms with Gasteiger partial charge in [-0.15, -0.1) is 0 Å². The monoisotopic (exact) mass is 114 g/mol. The molecule has 6 heavy (non-hydrogen) atoms. The number of aldehydes is 1. The second kappa shape index (κ2) is 9.39.